The molecule has 6 nitrogen and oxygen atoms in total. The van der Waals surface area contributed by atoms with Crippen LogP contribution >= 0.6 is 0 Å². The van der Waals surface area contributed by atoms with Crippen LogP contribution in [0, 0.1) is 6.92 Å². The van der Waals surface area contributed by atoms with Crippen molar-refractivity contribution >= 4 is 17.7 Å². The monoisotopic (exact) mass is 341 g/mol. The average Bonchev–Trinajstić information content (AvgIpc) is 2.93. The van der Waals surface area contributed by atoms with E-state index in [0.29, 0.717) is 41.7 Å². The minimum atomic E-state index is -1.01. The molecule has 1 unspecified atom stereocenters. The van der Waals surface area contributed by atoms with Gasteiger partial charge in [0.05, 0.1) is 18.0 Å². The number of Topliss-reactive ketones (excluding diaryl/α,β-unsaturated/α-hetero) is 1. The second-order valence-corrected chi connectivity index (χ2v) is 6.17. The van der Waals surface area contributed by atoms with Crippen LogP contribution in [0.25, 0.3) is 0 Å². The first-order valence-electron chi connectivity index (χ1n) is 8.20. The standard InChI is InChI=1S/C19H19NO5/c1-11-17-14(21)8-5-9-15(17)25-18(11)19(24)20-13(10-16(22)23)12-6-3-2-4-7-12/h2-4,6-7,13H,5,8-10H2,1H3,(H,20,24)(H,22,23). The van der Waals surface area contributed by atoms with E-state index in [2.05, 4.69) is 5.32 Å². The second-order valence-electron chi connectivity index (χ2n) is 6.17. The molecular formula is C19H19NO5. The van der Waals surface area contributed by atoms with Crippen molar-refractivity contribution < 1.29 is 23.9 Å². The maximum absolute atomic E-state index is 12.6. The maximum atomic E-state index is 12.6. The van der Waals surface area contributed by atoms with Crippen molar-refractivity contribution in [3.8, 4) is 0 Å². The molecule has 1 heterocycles. The smallest absolute Gasteiger partial charge is 0.305 e. The van der Waals surface area contributed by atoms with Crippen molar-refractivity contribution in [2.24, 2.45) is 0 Å². The molecule has 130 valence electrons. The lowest BCUT2D eigenvalue weighted by Crippen LogP contribution is -2.30. The predicted octanol–water partition coefficient (Wildman–Crippen LogP) is 3.05. The molecule has 1 atom stereocenters. The van der Waals surface area contributed by atoms with Crippen LogP contribution in [0.1, 0.15) is 63.1 Å². The molecule has 0 fully saturated rings. The van der Waals surface area contributed by atoms with Crippen LogP contribution in [0.5, 0.6) is 0 Å². The van der Waals surface area contributed by atoms with Crippen LogP contribution in [0.15, 0.2) is 34.7 Å². The van der Waals surface area contributed by atoms with Gasteiger partial charge in [0, 0.05) is 18.4 Å². The summed E-state index contributed by atoms with van der Waals surface area (Å²) in [6.45, 7) is 1.69. The number of furan rings is 1. The molecule has 0 saturated carbocycles. The molecule has 2 N–H and O–H groups in total. The minimum absolute atomic E-state index is 0.00769. The molecule has 0 saturated heterocycles. The number of hydrogen-bond acceptors (Lipinski definition) is 4. The zero-order chi connectivity index (χ0) is 18.0. The number of aliphatic carboxylic acids is 1. The number of carboxylic acids is 1. The first-order valence-corrected chi connectivity index (χ1v) is 8.20. The Kier molecular flexibility index (Phi) is 4.70. The highest BCUT2D eigenvalue weighted by Gasteiger charge is 2.30. The zero-order valence-electron chi connectivity index (χ0n) is 13.9. The number of aryl methyl sites for hydroxylation is 1. The van der Waals surface area contributed by atoms with Gasteiger partial charge in [-0.2, -0.15) is 0 Å². The normalized spacial score (nSPS) is 14.7. The van der Waals surface area contributed by atoms with Gasteiger partial charge < -0.3 is 14.8 Å². The van der Waals surface area contributed by atoms with Crippen LogP contribution in [-0.2, 0) is 11.2 Å². The Morgan fingerprint density at radius 2 is 1.96 bits per heavy atom. The number of amides is 1. The highest BCUT2D eigenvalue weighted by molar-refractivity contribution is 6.03. The topological polar surface area (TPSA) is 96.6 Å². The van der Waals surface area contributed by atoms with Gasteiger partial charge in [0.1, 0.15) is 5.76 Å². The van der Waals surface area contributed by atoms with E-state index in [0.717, 1.165) is 0 Å². The van der Waals surface area contributed by atoms with E-state index in [4.69, 9.17) is 9.52 Å². The van der Waals surface area contributed by atoms with Gasteiger partial charge in [-0.1, -0.05) is 30.3 Å². The number of ketones is 1. The molecule has 25 heavy (non-hydrogen) atoms. The van der Waals surface area contributed by atoms with Gasteiger partial charge in [0.25, 0.3) is 5.91 Å². The van der Waals surface area contributed by atoms with E-state index in [1.54, 1.807) is 31.2 Å². The summed E-state index contributed by atoms with van der Waals surface area (Å²) in [6, 6.07) is 8.23. The van der Waals surface area contributed by atoms with Gasteiger partial charge in [0.15, 0.2) is 11.5 Å². The molecular weight excluding hydrogens is 322 g/mol. The van der Waals surface area contributed by atoms with Crippen molar-refractivity contribution in [3.05, 3.63) is 58.5 Å². The third-order valence-corrected chi connectivity index (χ3v) is 4.40. The lowest BCUT2D eigenvalue weighted by molar-refractivity contribution is -0.137. The molecule has 1 aromatic carbocycles. The number of carbonyl (C=O) groups excluding carboxylic acids is 2. The van der Waals surface area contributed by atoms with Gasteiger partial charge in [-0.05, 0) is 18.9 Å². The predicted molar refractivity (Wildman–Crippen MR) is 89.6 cm³/mol. The lowest BCUT2D eigenvalue weighted by Gasteiger charge is -2.17. The van der Waals surface area contributed by atoms with Crippen LogP contribution in [-0.4, -0.2) is 22.8 Å². The summed E-state index contributed by atoms with van der Waals surface area (Å²) in [7, 11) is 0. The highest BCUT2D eigenvalue weighted by atomic mass is 16.4. The number of benzene rings is 1. The zero-order valence-corrected chi connectivity index (χ0v) is 13.9. The van der Waals surface area contributed by atoms with Gasteiger partial charge in [-0.3, -0.25) is 14.4 Å². The highest BCUT2D eigenvalue weighted by Crippen LogP contribution is 2.30. The number of carbonyl (C=O) groups is 3. The Morgan fingerprint density at radius 3 is 2.60 bits per heavy atom. The Labute approximate surface area is 144 Å². The molecule has 1 aliphatic carbocycles. The second kappa shape index (κ2) is 6.93. The fourth-order valence-electron chi connectivity index (χ4n) is 3.20. The van der Waals surface area contributed by atoms with E-state index >= 15 is 0 Å². The minimum Gasteiger partial charge on any atom is -0.481 e. The molecule has 2 aromatic rings. The van der Waals surface area contributed by atoms with Crippen molar-refractivity contribution in [2.45, 2.75) is 38.6 Å². The Hall–Kier alpha value is -2.89. The van der Waals surface area contributed by atoms with Crippen molar-refractivity contribution in [1.82, 2.24) is 5.32 Å². The maximum Gasteiger partial charge on any atom is 0.305 e. The molecule has 0 spiro atoms. The number of rotatable bonds is 5. The third-order valence-electron chi connectivity index (χ3n) is 4.40. The molecule has 1 amide bonds. The molecule has 0 radical (unpaired) electrons. The van der Waals surface area contributed by atoms with Gasteiger partial charge in [0.2, 0.25) is 0 Å². The molecule has 1 aliphatic rings. The fourth-order valence-corrected chi connectivity index (χ4v) is 3.20. The van der Waals surface area contributed by atoms with E-state index in [9.17, 15) is 14.4 Å². The largest absolute Gasteiger partial charge is 0.481 e. The molecule has 3 rings (SSSR count). The summed E-state index contributed by atoms with van der Waals surface area (Å²) in [5.41, 5.74) is 1.73. The summed E-state index contributed by atoms with van der Waals surface area (Å²) in [5, 5.41) is 11.9. The first kappa shape index (κ1) is 17.0. The van der Waals surface area contributed by atoms with E-state index in [-0.39, 0.29) is 18.0 Å². The number of nitrogens with one attached hydrogen (secondary N) is 1. The number of hydrogen-bond donors (Lipinski definition) is 2. The van der Waals surface area contributed by atoms with Crippen molar-refractivity contribution in [1.29, 1.82) is 0 Å². The summed E-state index contributed by atoms with van der Waals surface area (Å²) < 4.78 is 5.63. The SMILES string of the molecule is Cc1c(C(=O)NC(CC(=O)O)c2ccccc2)oc2c1C(=O)CCC2. The molecule has 0 aliphatic heterocycles. The van der Waals surface area contributed by atoms with E-state index in [1.165, 1.54) is 0 Å². The van der Waals surface area contributed by atoms with Gasteiger partial charge in [-0.15, -0.1) is 0 Å². The quantitative estimate of drug-likeness (QED) is 0.871. The number of fused-ring (bicyclic) bond motifs is 1. The van der Waals surface area contributed by atoms with Crippen molar-refractivity contribution in [3.63, 3.8) is 0 Å². The third kappa shape index (κ3) is 3.47. The van der Waals surface area contributed by atoms with Crippen LogP contribution in [0.3, 0.4) is 0 Å². The Morgan fingerprint density at radius 1 is 1.24 bits per heavy atom. The molecule has 0 bridgehead atoms. The summed E-state index contributed by atoms with van der Waals surface area (Å²) in [5.74, 6) is -0.888. The summed E-state index contributed by atoms with van der Waals surface area (Å²) in [4.78, 5) is 35.9. The summed E-state index contributed by atoms with van der Waals surface area (Å²) in [6.07, 6.45) is 1.56. The summed E-state index contributed by atoms with van der Waals surface area (Å²) >= 11 is 0. The van der Waals surface area contributed by atoms with Crippen LogP contribution < -0.4 is 5.32 Å². The Bertz CT molecular complexity index is 822. The average molecular weight is 341 g/mol. The van der Waals surface area contributed by atoms with Gasteiger partial charge in [-0.25, -0.2) is 0 Å². The molecule has 1 aromatic heterocycles. The lowest BCUT2D eigenvalue weighted by atomic mass is 9.94. The van der Waals surface area contributed by atoms with E-state index < -0.39 is 17.9 Å². The van der Waals surface area contributed by atoms with Crippen molar-refractivity contribution in [2.75, 3.05) is 0 Å². The number of carboxylic acid groups (broad SMARTS) is 1. The van der Waals surface area contributed by atoms with E-state index in [1.807, 2.05) is 6.07 Å². The first-order chi connectivity index (χ1) is 12.0. The fraction of sp³-hybridized carbons (Fsp3) is 0.316. The molecule has 6 heteroatoms. The van der Waals surface area contributed by atoms with Crippen LogP contribution in [0.2, 0.25) is 0 Å². The van der Waals surface area contributed by atoms with Crippen LogP contribution in [0.4, 0.5) is 0 Å². The Balaban J connectivity index is 1.87. The van der Waals surface area contributed by atoms with Gasteiger partial charge >= 0.3 is 5.97 Å².